The predicted octanol–water partition coefficient (Wildman–Crippen LogP) is 2.12. The van der Waals surface area contributed by atoms with Crippen molar-refractivity contribution in [3.63, 3.8) is 0 Å². The molecule has 0 unspecified atom stereocenters. The average Bonchev–Trinajstić information content (AvgIpc) is 2.87. The van der Waals surface area contributed by atoms with Gasteiger partial charge in [0.2, 0.25) is 0 Å². The maximum absolute atomic E-state index is 12.8. The van der Waals surface area contributed by atoms with Crippen LogP contribution in [0.2, 0.25) is 0 Å². The zero-order chi connectivity index (χ0) is 16.4. The van der Waals surface area contributed by atoms with E-state index in [1.165, 1.54) is 24.3 Å². The monoisotopic (exact) mass is 330 g/mol. The number of hydrogen-bond donors (Lipinski definition) is 4. The van der Waals surface area contributed by atoms with Crippen molar-refractivity contribution in [3.8, 4) is 0 Å². The van der Waals surface area contributed by atoms with Crippen LogP contribution in [0, 0.1) is 5.82 Å². The van der Waals surface area contributed by atoms with Crippen molar-refractivity contribution in [1.82, 2.24) is 15.3 Å². The van der Waals surface area contributed by atoms with Gasteiger partial charge in [-0.3, -0.25) is 10.1 Å². The molecule has 0 aliphatic heterocycles. The molecule has 0 spiro atoms. The van der Waals surface area contributed by atoms with Crippen molar-refractivity contribution in [1.29, 1.82) is 0 Å². The normalized spacial score (nSPS) is 10.5. The van der Waals surface area contributed by atoms with Crippen molar-refractivity contribution < 1.29 is 9.18 Å². The van der Waals surface area contributed by atoms with E-state index < -0.39 is 11.7 Å². The molecule has 0 saturated heterocycles. The Balaban J connectivity index is 1.69. The Bertz CT molecular complexity index is 946. The molecule has 8 heteroatoms. The van der Waals surface area contributed by atoms with Gasteiger partial charge < -0.3 is 15.3 Å². The van der Waals surface area contributed by atoms with E-state index in [1.54, 1.807) is 18.2 Å². The molecule has 0 saturated carbocycles. The maximum atomic E-state index is 12.8. The first kappa shape index (κ1) is 14.9. The van der Waals surface area contributed by atoms with E-state index in [0.717, 1.165) is 0 Å². The van der Waals surface area contributed by atoms with Crippen LogP contribution in [0.4, 0.5) is 10.1 Å². The van der Waals surface area contributed by atoms with Crippen LogP contribution in [-0.2, 0) is 0 Å². The van der Waals surface area contributed by atoms with Crippen LogP contribution in [0.15, 0.2) is 47.3 Å². The summed E-state index contributed by atoms with van der Waals surface area (Å²) >= 11 is 5.07. The molecule has 1 amide bonds. The lowest BCUT2D eigenvalue weighted by Crippen LogP contribution is -2.34. The zero-order valence-corrected chi connectivity index (χ0v) is 12.5. The number of thiocarbonyl (C=S) groups is 1. The summed E-state index contributed by atoms with van der Waals surface area (Å²) in [5.74, 6) is -0.866. The molecule has 2 aromatic carbocycles. The van der Waals surface area contributed by atoms with Crippen molar-refractivity contribution >= 4 is 40.0 Å². The Kier molecular flexibility index (Phi) is 3.90. The number of carbonyl (C=O) groups is 1. The summed E-state index contributed by atoms with van der Waals surface area (Å²) in [6.45, 7) is 0. The second-order valence-corrected chi connectivity index (χ2v) is 5.16. The van der Waals surface area contributed by atoms with Crippen molar-refractivity contribution in [2.75, 3.05) is 5.32 Å². The standard InChI is InChI=1S/C15H11FN4O2S/c16-9-3-1-8(2-4-9)13(21)20-15(23)17-10-5-6-11-12(7-10)19-14(22)18-11/h1-7H,(H2,18,19,22)(H2,17,20,21,23). The lowest BCUT2D eigenvalue weighted by molar-refractivity contribution is 0.0977. The van der Waals surface area contributed by atoms with Gasteiger partial charge in [-0.2, -0.15) is 0 Å². The number of benzene rings is 2. The number of rotatable bonds is 2. The van der Waals surface area contributed by atoms with Crippen molar-refractivity contribution in [2.24, 2.45) is 0 Å². The van der Waals surface area contributed by atoms with Gasteiger partial charge in [0.25, 0.3) is 5.91 Å². The fraction of sp³-hybridized carbons (Fsp3) is 0. The van der Waals surface area contributed by atoms with Gasteiger partial charge in [0.1, 0.15) is 5.82 Å². The summed E-state index contributed by atoms with van der Waals surface area (Å²) in [5.41, 5.74) is 1.89. The number of amides is 1. The van der Waals surface area contributed by atoms with E-state index >= 15 is 0 Å². The highest BCUT2D eigenvalue weighted by molar-refractivity contribution is 7.80. The van der Waals surface area contributed by atoms with Crippen LogP contribution in [-0.4, -0.2) is 21.0 Å². The summed E-state index contributed by atoms with van der Waals surface area (Å²) in [5, 5.41) is 5.44. The Morgan fingerprint density at radius 3 is 2.48 bits per heavy atom. The van der Waals surface area contributed by atoms with Gasteiger partial charge in [0.15, 0.2) is 5.11 Å². The number of aromatic amines is 2. The molecule has 0 aliphatic rings. The summed E-state index contributed by atoms with van der Waals surface area (Å²) < 4.78 is 12.8. The smallest absolute Gasteiger partial charge is 0.323 e. The average molecular weight is 330 g/mol. The number of H-pyrrole nitrogens is 2. The molecule has 3 rings (SSSR count). The first-order chi connectivity index (χ1) is 11.0. The molecule has 6 nitrogen and oxygen atoms in total. The number of fused-ring (bicyclic) bond motifs is 1. The van der Waals surface area contributed by atoms with Gasteiger partial charge in [-0.25, -0.2) is 9.18 Å². The van der Waals surface area contributed by atoms with Crippen LogP contribution in [0.1, 0.15) is 10.4 Å². The van der Waals surface area contributed by atoms with Crippen LogP contribution in [0.5, 0.6) is 0 Å². The Hall–Kier alpha value is -3.00. The Morgan fingerprint density at radius 1 is 1.04 bits per heavy atom. The molecule has 4 N–H and O–H groups in total. The lowest BCUT2D eigenvalue weighted by Gasteiger charge is -2.09. The van der Waals surface area contributed by atoms with Gasteiger partial charge in [-0.05, 0) is 54.7 Å². The third-order valence-corrected chi connectivity index (χ3v) is 3.31. The third-order valence-electron chi connectivity index (χ3n) is 3.11. The van der Waals surface area contributed by atoms with Crippen molar-refractivity contribution in [3.05, 3.63) is 64.3 Å². The van der Waals surface area contributed by atoms with Crippen molar-refractivity contribution in [2.45, 2.75) is 0 Å². The number of imidazole rings is 1. The molecule has 1 heterocycles. The highest BCUT2D eigenvalue weighted by Crippen LogP contribution is 2.14. The van der Waals surface area contributed by atoms with Gasteiger partial charge >= 0.3 is 5.69 Å². The second-order valence-electron chi connectivity index (χ2n) is 4.75. The van der Waals surface area contributed by atoms with Gasteiger partial charge in [-0.1, -0.05) is 0 Å². The predicted molar refractivity (Wildman–Crippen MR) is 89.0 cm³/mol. The van der Waals surface area contributed by atoms with E-state index in [1.807, 2.05) is 0 Å². The quantitative estimate of drug-likeness (QED) is 0.542. The van der Waals surface area contributed by atoms with Crippen LogP contribution in [0.3, 0.4) is 0 Å². The fourth-order valence-electron chi connectivity index (χ4n) is 2.05. The number of nitrogens with one attached hydrogen (secondary N) is 4. The first-order valence-corrected chi connectivity index (χ1v) is 7.02. The van der Waals surface area contributed by atoms with E-state index in [2.05, 4.69) is 20.6 Å². The summed E-state index contributed by atoms with van der Waals surface area (Å²) in [6.07, 6.45) is 0. The molecule has 0 aliphatic carbocycles. The Labute approximate surface area is 134 Å². The first-order valence-electron chi connectivity index (χ1n) is 6.61. The molecule has 0 atom stereocenters. The summed E-state index contributed by atoms with van der Waals surface area (Å²) in [4.78, 5) is 28.4. The zero-order valence-electron chi connectivity index (χ0n) is 11.6. The van der Waals surface area contributed by atoms with Crippen LogP contribution in [0.25, 0.3) is 11.0 Å². The molecule has 0 radical (unpaired) electrons. The number of aromatic nitrogens is 2. The second kappa shape index (κ2) is 6.01. The minimum Gasteiger partial charge on any atom is -0.332 e. The number of hydrogen-bond acceptors (Lipinski definition) is 3. The number of halogens is 1. The van der Waals surface area contributed by atoms with E-state index in [4.69, 9.17) is 12.2 Å². The lowest BCUT2D eigenvalue weighted by atomic mass is 10.2. The van der Waals surface area contributed by atoms with Gasteiger partial charge in [-0.15, -0.1) is 0 Å². The topological polar surface area (TPSA) is 89.8 Å². The molecule has 116 valence electrons. The highest BCUT2D eigenvalue weighted by atomic mass is 32.1. The summed E-state index contributed by atoms with van der Waals surface area (Å²) in [6, 6.07) is 10.2. The highest BCUT2D eigenvalue weighted by Gasteiger charge is 2.08. The number of anilines is 1. The van der Waals surface area contributed by atoms with E-state index in [9.17, 15) is 14.0 Å². The SMILES string of the molecule is O=C(NC(=S)Nc1ccc2[nH]c(=O)[nH]c2c1)c1ccc(F)cc1. The van der Waals surface area contributed by atoms with Gasteiger partial charge in [0.05, 0.1) is 11.0 Å². The largest absolute Gasteiger partial charge is 0.332 e. The van der Waals surface area contributed by atoms with E-state index in [-0.39, 0.29) is 10.8 Å². The molecule has 0 bridgehead atoms. The molecular formula is C15H11FN4O2S. The maximum Gasteiger partial charge on any atom is 0.323 e. The van der Waals surface area contributed by atoms with Gasteiger partial charge in [0, 0.05) is 11.3 Å². The molecule has 0 fully saturated rings. The molecule has 23 heavy (non-hydrogen) atoms. The minimum atomic E-state index is -0.446. The third kappa shape index (κ3) is 3.43. The van der Waals surface area contributed by atoms with Crippen LogP contribution < -0.4 is 16.3 Å². The fourth-order valence-corrected chi connectivity index (χ4v) is 2.26. The molecular weight excluding hydrogens is 319 g/mol. The summed E-state index contributed by atoms with van der Waals surface area (Å²) in [7, 11) is 0. The minimum absolute atomic E-state index is 0.0940. The van der Waals surface area contributed by atoms with Crippen LogP contribution >= 0.6 is 12.2 Å². The number of carbonyl (C=O) groups excluding carboxylic acids is 1. The molecule has 1 aromatic heterocycles. The molecule has 3 aromatic rings. The Morgan fingerprint density at radius 2 is 1.74 bits per heavy atom. The van der Waals surface area contributed by atoms with E-state index in [0.29, 0.717) is 22.3 Å².